The Hall–Kier alpha value is -0.850. The molecule has 2 N–H and O–H groups in total. The van der Waals surface area contributed by atoms with Crippen molar-refractivity contribution >= 4 is 28.5 Å². The molecule has 1 aromatic heterocycles. The fourth-order valence-corrected chi connectivity index (χ4v) is 1.66. The van der Waals surface area contributed by atoms with Gasteiger partial charge in [-0.05, 0) is 41.5 Å². The normalized spacial score (nSPS) is 15.2. The predicted molar refractivity (Wildman–Crippen MR) is 59.1 cm³/mol. The van der Waals surface area contributed by atoms with Crippen molar-refractivity contribution in [3.8, 4) is 5.75 Å². The molecule has 0 aromatic carbocycles. The van der Waals surface area contributed by atoms with Gasteiger partial charge in [0.25, 0.3) is 5.91 Å². The Morgan fingerprint density at radius 3 is 2.93 bits per heavy atom. The minimum absolute atomic E-state index is 0.241. The molecule has 1 aliphatic carbocycles. The lowest BCUT2D eigenvalue weighted by Gasteiger charge is -2.09. The van der Waals surface area contributed by atoms with Gasteiger partial charge in [-0.1, -0.05) is 0 Å². The third-order valence-corrected chi connectivity index (χ3v) is 2.70. The summed E-state index contributed by atoms with van der Waals surface area (Å²) in [7, 11) is 0. The molecule has 74 valence electrons. The van der Waals surface area contributed by atoms with E-state index in [0.29, 0.717) is 15.0 Å². The highest BCUT2D eigenvalue weighted by Gasteiger charge is 2.26. The Morgan fingerprint density at radius 1 is 1.64 bits per heavy atom. The van der Waals surface area contributed by atoms with Crippen molar-refractivity contribution in [2.75, 3.05) is 0 Å². The molecule has 1 heterocycles. The van der Waals surface area contributed by atoms with Gasteiger partial charge in [-0.25, -0.2) is 4.98 Å². The molecular formula is C9H9IN2O2. The van der Waals surface area contributed by atoms with E-state index in [1.807, 2.05) is 22.6 Å². The van der Waals surface area contributed by atoms with Crippen LogP contribution >= 0.6 is 22.6 Å². The lowest BCUT2D eigenvalue weighted by molar-refractivity contribution is 0.0995. The number of hydrogen-bond acceptors (Lipinski definition) is 3. The number of halogens is 1. The lowest BCUT2D eigenvalue weighted by Crippen LogP contribution is -2.14. The number of ether oxygens (including phenoxy) is 1. The van der Waals surface area contributed by atoms with Crippen LogP contribution in [-0.4, -0.2) is 17.0 Å². The van der Waals surface area contributed by atoms with Gasteiger partial charge in [-0.3, -0.25) is 4.79 Å². The van der Waals surface area contributed by atoms with E-state index in [9.17, 15) is 4.79 Å². The maximum Gasteiger partial charge on any atom is 0.252 e. The van der Waals surface area contributed by atoms with Gasteiger partial charge in [0, 0.05) is 6.20 Å². The summed E-state index contributed by atoms with van der Waals surface area (Å²) in [5.41, 5.74) is 5.64. The van der Waals surface area contributed by atoms with Crippen molar-refractivity contribution in [2.24, 2.45) is 5.73 Å². The summed E-state index contributed by atoms with van der Waals surface area (Å²) in [6, 6.07) is 1.59. The quantitative estimate of drug-likeness (QED) is 0.677. The first kappa shape index (κ1) is 9.70. The molecule has 14 heavy (non-hydrogen) atoms. The van der Waals surface area contributed by atoms with Crippen LogP contribution in [0.4, 0.5) is 0 Å². The van der Waals surface area contributed by atoms with Crippen molar-refractivity contribution < 1.29 is 9.53 Å². The SMILES string of the molecule is NC(=O)c1ccnc(I)c1OC1CC1. The highest BCUT2D eigenvalue weighted by molar-refractivity contribution is 14.1. The zero-order chi connectivity index (χ0) is 10.1. The Kier molecular flexibility index (Phi) is 2.58. The number of carbonyl (C=O) groups excluding carboxylic acids is 1. The Bertz CT molecular complexity index is 377. The molecule has 0 spiro atoms. The molecule has 2 rings (SSSR count). The van der Waals surface area contributed by atoms with E-state index in [0.717, 1.165) is 12.8 Å². The number of aromatic nitrogens is 1. The number of nitrogens with zero attached hydrogens (tertiary/aromatic N) is 1. The van der Waals surface area contributed by atoms with Gasteiger partial charge in [0.1, 0.15) is 3.70 Å². The van der Waals surface area contributed by atoms with E-state index >= 15 is 0 Å². The fraction of sp³-hybridized carbons (Fsp3) is 0.333. The third kappa shape index (κ3) is 1.97. The highest BCUT2D eigenvalue weighted by atomic mass is 127. The first-order valence-corrected chi connectivity index (χ1v) is 5.37. The number of pyridine rings is 1. The topological polar surface area (TPSA) is 65.2 Å². The average molecular weight is 304 g/mol. The molecule has 4 nitrogen and oxygen atoms in total. The van der Waals surface area contributed by atoms with Gasteiger partial charge in [0.2, 0.25) is 0 Å². The Labute approximate surface area is 95.0 Å². The van der Waals surface area contributed by atoms with Gasteiger partial charge in [-0.15, -0.1) is 0 Å². The van der Waals surface area contributed by atoms with Crippen LogP contribution in [0.5, 0.6) is 5.75 Å². The molecule has 1 aliphatic rings. The number of nitrogens with two attached hydrogens (primary N) is 1. The number of amides is 1. The second-order valence-corrected chi connectivity index (χ2v) is 4.18. The predicted octanol–water partition coefficient (Wildman–Crippen LogP) is 1.33. The van der Waals surface area contributed by atoms with Crippen LogP contribution in [0.2, 0.25) is 0 Å². The van der Waals surface area contributed by atoms with Crippen molar-refractivity contribution in [1.29, 1.82) is 0 Å². The molecule has 1 amide bonds. The van der Waals surface area contributed by atoms with E-state index in [4.69, 9.17) is 10.5 Å². The van der Waals surface area contributed by atoms with E-state index in [2.05, 4.69) is 4.98 Å². The zero-order valence-electron chi connectivity index (χ0n) is 7.37. The van der Waals surface area contributed by atoms with Crippen LogP contribution in [-0.2, 0) is 0 Å². The standard InChI is InChI=1S/C9H9IN2O2/c10-8-7(14-5-1-2-5)6(9(11)13)3-4-12-8/h3-5H,1-2H2,(H2,11,13). The van der Waals surface area contributed by atoms with Crippen LogP contribution in [0.25, 0.3) is 0 Å². The zero-order valence-corrected chi connectivity index (χ0v) is 9.52. The monoisotopic (exact) mass is 304 g/mol. The van der Waals surface area contributed by atoms with Gasteiger partial charge in [-0.2, -0.15) is 0 Å². The maximum atomic E-state index is 11.1. The van der Waals surface area contributed by atoms with E-state index in [1.54, 1.807) is 12.3 Å². The lowest BCUT2D eigenvalue weighted by atomic mass is 10.2. The number of primary amides is 1. The molecule has 1 aromatic rings. The summed E-state index contributed by atoms with van der Waals surface area (Å²) in [6.45, 7) is 0. The Balaban J connectivity index is 2.36. The first-order chi connectivity index (χ1) is 6.68. The molecule has 0 bridgehead atoms. The first-order valence-electron chi connectivity index (χ1n) is 4.29. The van der Waals surface area contributed by atoms with Crippen molar-refractivity contribution in [1.82, 2.24) is 4.98 Å². The number of rotatable bonds is 3. The molecule has 0 saturated heterocycles. The molecule has 0 unspecified atom stereocenters. The van der Waals surface area contributed by atoms with E-state index in [1.165, 1.54) is 0 Å². The van der Waals surface area contributed by atoms with Gasteiger partial charge >= 0.3 is 0 Å². The summed E-state index contributed by atoms with van der Waals surface area (Å²) in [5.74, 6) is 0.0593. The largest absolute Gasteiger partial charge is 0.487 e. The maximum absolute atomic E-state index is 11.1. The number of carbonyl (C=O) groups is 1. The van der Waals surface area contributed by atoms with Crippen molar-refractivity contribution in [3.05, 3.63) is 21.5 Å². The third-order valence-electron chi connectivity index (χ3n) is 1.94. The average Bonchev–Trinajstić information content (AvgIpc) is 2.91. The molecule has 0 atom stereocenters. The molecular weight excluding hydrogens is 295 g/mol. The summed E-state index contributed by atoms with van der Waals surface area (Å²) in [5, 5.41) is 0. The second kappa shape index (κ2) is 3.72. The highest BCUT2D eigenvalue weighted by Crippen LogP contribution is 2.31. The molecule has 1 saturated carbocycles. The van der Waals surface area contributed by atoms with Crippen LogP contribution in [0.15, 0.2) is 12.3 Å². The molecule has 0 radical (unpaired) electrons. The van der Waals surface area contributed by atoms with Gasteiger partial charge in [0.05, 0.1) is 11.7 Å². The molecule has 1 fully saturated rings. The minimum Gasteiger partial charge on any atom is -0.487 e. The Morgan fingerprint density at radius 2 is 2.36 bits per heavy atom. The summed E-state index contributed by atoms with van der Waals surface area (Å²) in [4.78, 5) is 15.1. The van der Waals surface area contributed by atoms with E-state index < -0.39 is 5.91 Å². The molecule has 5 heteroatoms. The summed E-state index contributed by atoms with van der Waals surface area (Å²) >= 11 is 2.04. The van der Waals surface area contributed by atoms with Crippen molar-refractivity contribution in [2.45, 2.75) is 18.9 Å². The summed E-state index contributed by atoms with van der Waals surface area (Å²) < 4.78 is 6.26. The summed E-state index contributed by atoms with van der Waals surface area (Å²) in [6.07, 6.45) is 3.89. The smallest absolute Gasteiger partial charge is 0.252 e. The van der Waals surface area contributed by atoms with Gasteiger partial charge in [0.15, 0.2) is 5.75 Å². The van der Waals surface area contributed by atoms with Crippen LogP contribution in [0.1, 0.15) is 23.2 Å². The van der Waals surface area contributed by atoms with Crippen molar-refractivity contribution in [3.63, 3.8) is 0 Å². The molecule has 0 aliphatic heterocycles. The minimum atomic E-state index is -0.471. The van der Waals surface area contributed by atoms with Crippen LogP contribution < -0.4 is 10.5 Å². The van der Waals surface area contributed by atoms with E-state index in [-0.39, 0.29) is 6.10 Å². The van der Waals surface area contributed by atoms with Crippen LogP contribution in [0, 0.1) is 3.70 Å². The fourth-order valence-electron chi connectivity index (χ4n) is 1.08. The second-order valence-electron chi connectivity index (χ2n) is 3.16. The number of hydrogen-bond donors (Lipinski definition) is 1. The van der Waals surface area contributed by atoms with Gasteiger partial charge < -0.3 is 10.5 Å². The van der Waals surface area contributed by atoms with Crippen LogP contribution in [0.3, 0.4) is 0 Å².